The number of nitrogens with two attached hydrogens (primary N) is 1. The molecule has 19 heavy (non-hydrogen) atoms. The van der Waals surface area contributed by atoms with Crippen LogP contribution < -0.4 is 10.5 Å². The van der Waals surface area contributed by atoms with E-state index in [1.165, 1.54) is 0 Å². The van der Waals surface area contributed by atoms with E-state index in [1.54, 1.807) is 0 Å². The molecular weight excluding hydrogens is 236 g/mol. The van der Waals surface area contributed by atoms with Crippen LogP contribution in [0, 0.1) is 0 Å². The number of nitrogen functional groups attached to an aromatic ring is 1. The second-order valence-corrected chi connectivity index (χ2v) is 5.15. The number of anilines is 1. The van der Waals surface area contributed by atoms with Crippen LogP contribution in [0.1, 0.15) is 13.3 Å². The first-order valence-corrected chi connectivity index (χ1v) is 6.66. The van der Waals surface area contributed by atoms with Gasteiger partial charge in [-0.3, -0.25) is 0 Å². The van der Waals surface area contributed by atoms with Gasteiger partial charge in [0.05, 0.1) is 6.61 Å². The summed E-state index contributed by atoms with van der Waals surface area (Å²) in [5.41, 5.74) is 6.78. The van der Waals surface area contributed by atoms with E-state index >= 15 is 0 Å². The molecule has 1 unspecified atom stereocenters. The molecule has 2 rings (SSSR count). The summed E-state index contributed by atoms with van der Waals surface area (Å²) in [6, 6.07) is 12.5. The monoisotopic (exact) mass is 258 g/mol. The molecule has 0 aliphatic heterocycles. The standard InChI is InChI=1S/C16H22N2O/c1-12(18(2)3)10-11-19-16-9-5-6-13-14(16)7-4-8-15(13)17/h4-9,12H,10-11,17H2,1-3H3. The molecule has 2 aromatic rings. The number of benzene rings is 2. The first-order valence-electron chi connectivity index (χ1n) is 6.66. The van der Waals surface area contributed by atoms with Crippen LogP contribution in [0.25, 0.3) is 10.8 Å². The molecule has 2 aromatic carbocycles. The first-order chi connectivity index (χ1) is 9.09. The van der Waals surface area contributed by atoms with Crippen LogP contribution >= 0.6 is 0 Å². The van der Waals surface area contributed by atoms with Gasteiger partial charge in [-0.1, -0.05) is 24.3 Å². The summed E-state index contributed by atoms with van der Waals surface area (Å²) in [4.78, 5) is 2.20. The minimum atomic E-state index is 0.514. The van der Waals surface area contributed by atoms with E-state index in [2.05, 4.69) is 32.0 Å². The third kappa shape index (κ3) is 3.18. The Bertz CT molecular complexity index is 551. The van der Waals surface area contributed by atoms with Crippen LogP contribution in [0.15, 0.2) is 36.4 Å². The molecule has 0 spiro atoms. The van der Waals surface area contributed by atoms with Gasteiger partial charge >= 0.3 is 0 Å². The van der Waals surface area contributed by atoms with Crippen molar-refractivity contribution in [3.63, 3.8) is 0 Å². The van der Waals surface area contributed by atoms with Crippen molar-refractivity contribution in [1.82, 2.24) is 4.90 Å². The molecule has 1 atom stereocenters. The highest BCUT2D eigenvalue weighted by Crippen LogP contribution is 2.29. The molecule has 0 bridgehead atoms. The maximum absolute atomic E-state index is 5.98. The lowest BCUT2D eigenvalue weighted by atomic mass is 10.1. The average molecular weight is 258 g/mol. The Morgan fingerprint density at radius 3 is 2.53 bits per heavy atom. The van der Waals surface area contributed by atoms with Crippen LogP contribution in [0.4, 0.5) is 5.69 Å². The second-order valence-electron chi connectivity index (χ2n) is 5.15. The highest BCUT2D eigenvalue weighted by Gasteiger charge is 2.07. The van der Waals surface area contributed by atoms with Gasteiger partial charge in [0, 0.05) is 22.5 Å². The number of rotatable bonds is 5. The summed E-state index contributed by atoms with van der Waals surface area (Å²) in [5, 5.41) is 2.14. The molecule has 0 aliphatic rings. The predicted molar refractivity (Wildman–Crippen MR) is 81.6 cm³/mol. The Balaban J connectivity index is 2.11. The highest BCUT2D eigenvalue weighted by atomic mass is 16.5. The van der Waals surface area contributed by atoms with E-state index < -0.39 is 0 Å². The van der Waals surface area contributed by atoms with Crippen molar-refractivity contribution in [3.05, 3.63) is 36.4 Å². The zero-order valence-corrected chi connectivity index (χ0v) is 11.9. The van der Waals surface area contributed by atoms with Crippen molar-refractivity contribution in [3.8, 4) is 5.75 Å². The van der Waals surface area contributed by atoms with Crippen molar-refractivity contribution in [2.24, 2.45) is 0 Å². The molecule has 0 saturated heterocycles. The van der Waals surface area contributed by atoms with Gasteiger partial charge in [-0.05, 0) is 39.6 Å². The molecule has 0 fully saturated rings. The molecule has 0 aromatic heterocycles. The fourth-order valence-corrected chi connectivity index (χ4v) is 2.03. The quantitative estimate of drug-likeness (QED) is 0.837. The first kappa shape index (κ1) is 13.7. The van der Waals surface area contributed by atoms with Crippen molar-refractivity contribution in [1.29, 1.82) is 0 Å². The van der Waals surface area contributed by atoms with Gasteiger partial charge < -0.3 is 15.4 Å². The largest absolute Gasteiger partial charge is 0.493 e. The van der Waals surface area contributed by atoms with Gasteiger partial charge in [-0.25, -0.2) is 0 Å². The zero-order chi connectivity index (χ0) is 13.8. The zero-order valence-electron chi connectivity index (χ0n) is 11.9. The molecule has 0 radical (unpaired) electrons. The molecule has 2 N–H and O–H groups in total. The predicted octanol–water partition coefficient (Wildman–Crippen LogP) is 3.14. The minimum Gasteiger partial charge on any atom is -0.493 e. The molecule has 0 amide bonds. The van der Waals surface area contributed by atoms with E-state index in [0.717, 1.165) is 28.6 Å². The summed E-state index contributed by atoms with van der Waals surface area (Å²) in [5.74, 6) is 0.913. The van der Waals surface area contributed by atoms with Crippen LogP contribution in [0.5, 0.6) is 5.75 Å². The van der Waals surface area contributed by atoms with Gasteiger partial charge in [0.15, 0.2) is 0 Å². The van der Waals surface area contributed by atoms with Crippen LogP contribution in [0.2, 0.25) is 0 Å². The summed E-state index contributed by atoms with van der Waals surface area (Å²) in [6.07, 6.45) is 1.01. The van der Waals surface area contributed by atoms with Crippen molar-refractivity contribution in [2.75, 3.05) is 26.4 Å². The third-order valence-electron chi connectivity index (χ3n) is 3.59. The summed E-state index contributed by atoms with van der Waals surface area (Å²) < 4.78 is 5.91. The molecule has 0 saturated carbocycles. The SMILES string of the molecule is CC(CCOc1cccc2c(N)cccc12)N(C)C. The summed E-state index contributed by atoms with van der Waals surface area (Å²) in [7, 11) is 4.17. The van der Waals surface area contributed by atoms with Gasteiger partial charge in [-0.15, -0.1) is 0 Å². The molecular formula is C16H22N2O. The van der Waals surface area contributed by atoms with Gasteiger partial charge in [-0.2, -0.15) is 0 Å². The smallest absolute Gasteiger partial charge is 0.127 e. The Morgan fingerprint density at radius 2 is 1.79 bits per heavy atom. The topological polar surface area (TPSA) is 38.5 Å². The summed E-state index contributed by atoms with van der Waals surface area (Å²) in [6.45, 7) is 2.91. The molecule has 0 aliphatic carbocycles. The number of hydrogen-bond donors (Lipinski definition) is 1. The highest BCUT2D eigenvalue weighted by molar-refractivity contribution is 5.96. The van der Waals surface area contributed by atoms with E-state index in [9.17, 15) is 0 Å². The second kappa shape index (κ2) is 5.93. The maximum Gasteiger partial charge on any atom is 0.127 e. The Labute approximate surface area is 115 Å². The number of hydrogen-bond acceptors (Lipinski definition) is 3. The van der Waals surface area contributed by atoms with Crippen molar-refractivity contribution < 1.29 is 4.74 Å². The van der Waals surface area contributed by atoms with Gasteiger partial charge in [0.2, 0.25) is 0 Å². The fourth-order valence-electron chi connectivity index (χ4n) is 2.03. The average Bonchev–Trinajstić information content (AvgIpc) is 2.39. The molecule has 3 nitrogen and oxygen atoms in total. The van der Waals surface area contributed by atoms with E-state index in [0.29, 0.717) is 12.6 Å². The molecule has 102 valence electrons. The normalized spacial score (nSPS) is 12.8. The Hall–Kier alpha value is -1.74. The van der Waals surface area contributed by atoms with Crippen LogP contribution in [-0.4, -0.2) is 31.6 Å². The lowest BCUT2D eigenvalue weighted by Crippen LogP contribution is -2.26. The van der Waals surface area contributed by atoms with Crippen molar-refractivity contribution in [2.45, 2.75) is 19.4 Å². The fraction of sp³-hybridized carbons (Fsp3) is 0.375. The van der Waals surface area contributed by atoms with Crippen LogP contribution in [-0.2, 0) is 0 Å². The van der Waals surface area contributed by atoms with E-state index in [-0.39, 0.29) is 0 Å². The number of fused-ring (bicyclic) bond motifs is 1. The Morgan fingerprint density at radius 1 is 1.11 bits per heavy atom. The maximum atomic E-state index is 5.98. The minimum absolute atomic E-state index is 0.514. The number of ether oxygens (including phenoxy) is 1. The number of nitrogens with zero attached hydrogens (tertiary/aromatic N) is 1. The molecule has 0 heterocycles. The Kier molecular flexibility index (Phi) is 4.27. The lowest BCUT2D eigenvalue weighted by molar-refractivity contribution is 0.235. The lowest BCUT2D eigenvalue weighted by Gasteiger charge is -2.20. The van der Waals surface area contributed by atoms with Gasteiger partial charge in [0.1, 0.15) is 5.75 Å². The van der Waals surface area contributed by atoms with Crippen molar-refractivity contribution >= 4 is 16.5 Å². The third-order valence-corrected chi connectivity index (χ3v) is 3.59. The summed E-state index contributed by atoms with van der Waals surface area (Å²) >= 11 is 0. The van der Waals surface area contributed by atoms with Crippen LogP contribution in [0.3, 0.4) is 0 Å². The van der Waals surface area contributed by atoms with Gasteiger partial charge in [0.25, 0.3) is 0 Å². The van der Waals surface area contributed by atoms with E-state index in [1.807, 2.05) is 30.3 Å². The van der Waals surface area contributed by atoms with E-state index in [4.69, 9.17) is 10.5 Å². The molecule has 3 heteroatoms.